The lowest BCUT2D eigenvalue weighted by Crippen LogP contribution is -2.35. The zero-order valence-electron chi connectivity index (χ0n) is 14.6. The highest BCUT2D eigenvalue weighted by atomic mass is 35.5. The number of H-pyrrole nitrogens is 1. The molecule has 0 spiro atoms. The fourth-order valence-electron chi connectivity index (χ4n) is 2.46. The molecular formula is C13H14Cl2FN3O6S3. The van der Waals surface area contributed by atoms with Crippen molar-refractivity contribution in [1.82, 2.24) is 10.2 Å². The molecule has 0 amide bonds. The molecule has 0 aliphatic carbocycles. The number of alkyl halides is 1. The Balaban J connectivity index is 2.88. The summed E-state index contributed by atoms with van der Waals surface area (Å²) in [7, 11) is -12.5. The fourth-order valence-corrected chi connectivity index (χ4v) is 6.95. The number of sulfonamides is 2. The maximum absolute atomic E-state index is 14.5. The third-order valence-corrected chi connectivity index (χ3v) is 8.30. The van der Waals surface area contributed by atoms with Gasteiger partial charge in [-0.25, -0.2) is 29.6 Å². The van der Waals surface area contributed by atoms with Gasteiger partial charge in [0, 0.05) is 17.4 Å². The van der Waals surface area contributed by atoms with Crippen LogP contribution in [0.1, 0.15) is 5.56 Å². The van der Waals surface area contributed by atoms with Crippen molar-refractivity contribution in [2.75, 3.05) is 22.5 Å². The van der Waals surface area contributed by atoms with Crippen molar-refractivity contribution in [2.45, 2.75) is 10.9 Å². The monoisotopic (exact) mass is 493 g/mol. The third kappa shape index (κ3) is 4.43. The first-order chi connectivity index (χ1) is 12.6. The van der Waals surface area contributed by atoms with E-state index in [1.54, 1.807) is 0 Å². The van der Waals surface area contributed by atoms with Gasteiger partial charge in [0.2, 0.25) is 20.0 Å². The Labute approximate surface area is 171 Å². The van der Waals surface area contributed by atoms with Crippen LogP contribution in [0.15, 0.2) is 17.2 Å². The van der Waals surface area contributed by atoms with Crippen LogP contribution in [-0.2, 0) is 35.8 Å². The molecule has 0 unspecified atom stereocenters. The Morgan fingerprint density at radius 1 is 1.07 bits per heavy atom. The third-order valence-electron chi connectivity index (χ3n) is 3.42. The molecule has 0 aliphatic heterocycles. The minimum atomic E-state index is -4.36. The van der Waals surface area contributed by atoms with E-state index in [0.717, 1.165) is 12.3 Å². The SMILES string of the molecule is CS(=O)(=O)c1[nH]nc(-c2cc(N(S(C)(=O)=O)S(C)(=O)=O)c(Cl)cc2F)c1CCl. The Hall–Kier alpha value is -1.41. The predicted molar refractivity (Wildman–Crippen MR) is 104 cm³/mol. The second kappa shape index (κ2) is 7.44. The summed E-state index contributed by atoms with van der Waals surface area (Å²) in [6.45, 7) is 0. The van der Waals surface area contributed by atoms with Crippen molar-refractivity contribution in [2.24, 2.45) is 0 Å². The number of aromatic amines is 1. The average molecular weight is 494 g/mol. The lowest BCUT2D eigenvalue weighted by Gasteiger charge is -2.21. The number of nitrogens with zero attached hydrogens (tertiary/aromatic N) is 2. The maximum Gasteiger partial charge on any atom is 0.245 e. The highest BCUT2D eigenvalue weighted by molar-refractivity contribution is 8.09. The number of sulfone groups is 1. The molecule has 0 atom stereocenters. The highest BCUT2D eigenvalue weighted by Gasteiger charge is 2.31. The molecule has 0 saturated carbocycles. The van der Waals surface area contributed by atoms with Gasteiger partial charge in [-0.05, 0) is 12.1 Å². The van der Waals surface area contributed by atoms with Crippen molar-refractivity contribution >= 4 is 58.8 Å². The zero-order valence-corrected chi connectivity index (χ0v) is 18.5. The maximum atomic E-state index is 14.5. The Bertz CT molecular complexity index is 1220. The van der Waals surface area contributed by atoms with E-state index in [1.165, 1.54) is 0 Å². The van der Waals surface area contributed by atoms with Gasteiger partial charge in [0.1, 0.15) is 11.5 Å². The first kappa shape index (κ1) is 22.9. The van der Waals surface area contributed by atoms with Gasteiger partial charge in [-0.2, -0.15) is 8.81 Å². The van der Waals surface area contributed by atoms with Crippen LogP contribution >= 0.6 is 23.2 Å². The number of hydrogen-bond donors (Lipinski definition) is 1. The van der Waals surface area contributed by atoms with E-state index in [0.29, 0.717) is 18.6 Å². The first-order valence-corrected chi connectivity index (χ1v) is 13.6. The molecule has 156 valence electrons. The summed E-state index contributed by atoms with van der Waals surface area (Å²) in [6.07, 6.45) is 2.15. The van der Waals surface area contributed by atoms with Gasteiger partial charge in [-0.15, -0.1) is 11.6 Å². The number of rotatable bonds is 6. The van der Waals surface area contributed by atoms with Crippen LogP contribution < -0.4 is 3.71 Å². The van der Waals surface area contributed by atoms with Gasteiger partial charge in [-0.3, -0.25) is 5.10 Å². The Morgan fingerprint density at radius 2 is 1.61 bits per heavy atom. The average Bonchev–Trinajstić information content (AvgIpc) is 2.90. The summed E-state index contributed by atoms with van der Waals surface area (Å²) in [4.78, 5) is 0. The summed E-state index contributed by atoms with van der Waals surface area (Å²) < 4.78 is 86.2. The van der Waals surface area contributed by atoms with E-state index in [-0.39, 0.29) is 25.9 Å². The number of benzene rings is 1. The number of nitrogens with one attached hydrogen (secondary N) is 1. The van der Waals surface area contributed by atoms with Crippen molar-refractivity contribution in [1.29, 1.82) is 0 Å². The standard InChI is InChI=1S/C13H14Cl2FN3O6S3/c1-26(20,21)13-8(6-14)12(17-18-13)7-4-11(9(15)5-10(7)16)19(27(2,22)23)28(3,24)25/h4-5H,6H2,1-3H3,(H,17,18). The molecule has 1 aromatic carbocycles. The Kier molecular flexibility index (Phi) is 6.08. The molecule has 0 bridgehead atoms. The summed E-state index contributed by atoms with van der Waals surface area (Å²) in [6, 6.07) is 1.54. The molecule has 0 fully saturated rings. The largest absolute Gasteiger partial charge is 0.266 e. The van der Waals surface area contributed by atoms with E-state index >= 15 is 0 Å². The molecule has 0 aliphatic rings. The summed E-state index contributed by atoms with van der Waals surface area (Å²) in [5.41, 5.74) is -1.24. The molecule has 2 rings (SSSR count). The van der Waals surface area contributed by atoms with Crippen molar-refractivity contribution < 1.29 is 29.6 Å². The molecule has 9 nitrogen and oxygen atoms in total. The minimum Gasteiger partial charge on any atom is -0.266 e. The van der Waals surface area contributed by atoms with Crippen LogP contribution in [0.4, 0.5) is 10.1 Å². The summed E-state index contributed by atoms with van der Waals surface area (Å²) >= 11 is 11.7. The van der Waals surface area contributed by atoms with E-state index in [9.17, 15) is 29.6 Å². The van der Waals surface area contributed by atoms with Crippen LogP contribution in [-0.4, -0.2) is 54.2 Å². The van der Waals surface area contributed by atoms with Crippen LogP contribution in [0.5, 0.6) is 0 Å². The molecule has 1 N–H and O–H groups in total. The number of anilines is 1. The molecule has 0 radical (unpaired) electrons. The van der Waals surface area contributed by atoms with Gasteiger partial charge < -0.3 is 0 Å². The van der Waals surface area contributed by atoms with E-state index in [1.807, 2.05) is 0 Å². The fraction of sp³-hybridized carbons (Fsp3) is 0.308. The minimum absolute atomic E-state index is 0.0375. The van der Waals surface area contributed by atoms with Crippen molar-refractivity contribution in [3.63, 3.8) is 0 Å². The van der Waals surface area contributed by atoms with Crippen LogP contribution in [0.25, 0.3) is 11.3 Å². The molecule has 28 heavy (non-hydrogen) atoms. The smallest absolute Gasteiger partial charge is 0.245 e. The summed E-state index contributed by atoms with van der Waals surface area (Å²) in [5.74, 6) is -1.36. The van der Waals surface area contributed by atoms with Crippen LogP contribution in [0, 0.1) is 5.82 Å². The highest BCUT2D eigenvalue weighted by Crippen LogP contribution is 2.38. The van der Waals surface area contributed by atoms with E-state index < -0.39 is 52.0 Å². The van der Waals surface area contributed by atoms with Gasteiger partial charge in [0.25, 0.3) is 0 Å². The first-order valence-electron chi connectivity index (χ1n) is 7.12. The van der Waals surface area contributed by atoms with Gasteiger partial charge >= 0.3 is 0 Å². The normalized spacial score (nSPS) is 12.9. The molecule has 2 aromatic rings. The lowest BCUT2D eigenvalue weighted by molar-refractivity contribution is 0.589. The Morgan fingerprint density at radius 3 is 2.04 bits per heavy atom. The van der Waals surface area contributed by atoms with E-state index in [4.69, 9.17) is 23.2 Å². The van der Waals surface area contributed by atoms with Gasteiger partial charge in [-0.1, -0.05) is 11.6 Å². The van der Waals surface area contributed by atoms with Gasteiger partial charge in [0.05, 0.1) is 29.1 Å². The lowest BCUT2D eigenvalue weighted by atomic mass is 10.1. The number of hydrogen-bond acceptors (Lipinski definition) is 7. The predicted octanol–water partition coefficient (Wildman–Crippen LogP) is 1.74. The van der Waals surface area contributed by atoms with E-state index in [2.05, 4.69) is 10.2 Å². The number of halogens is 3. The zero-order chi connectivity index (χ0) is 21.7. The van der Waals surface area contributed by atoms with Crippen LogP contribution in [0.2, 0.25) is 5.02 Å². The van der Waals surface area contributed by atoms with Gasteiger partial charge in [0.15, 0.2) is 14.9 Å². The quantitative estimate of drug-likeness (QED) is 0.605. The van der Waals surface area contributed by atoms with Crippen molar-refractivity contribution in [3.8, 4) is 11.3 Å². The second-order valence-corrected chi connectivity index (χ2v) is 12.3. The second-order valence-electron chi connectivity index (χ2n) is 5.79. The molecule has 15 heteroatoms. The number of aromatic nitrogens is 2. The topological polar surface area (TPSA) is 134 Å². The van der Waals surface area contributed by atoms with Crippen LogP contribution in [0.3, 0.4) is 0 Å². The molecule has 1 aromatic heterocycles. The molecular weight excluding hydrogens is 480 g/mol. The summed E-state index contributed by atoms with van der Waals surface area (Å²) in [5, 5.41) is 5.15. The molecule has 0 saturated heterocycles. The molecule has 1 heterocycles. The van der Waals surface area contributed by atoms with Crippen molar-refractivity contribution in [3.05, 3.63) is 28.5 Å².